The molecule has 0 aliphatic heterocycles. The van der Waals surface area contributed by atoms with Gasteiger partial charge in [0.25, 0.3) is 0 Å². The van der Waals surface area contributed by atoms with Crippen LogP contribution >= 0.6 is 39.0 Å². The van der Waals surface area contributed by atoms with Gasteiger partial charge < -0.3 is 15.4 Å². The molecule has 6 nitrogen and oxygen atoms in total. The maximum absolute atomic E-state index is 12.2. The lowest BCUT2D eigenvalue weighted by molar-refractivity contribution is -0.116. The molecule has 150 valence electrons. The van der Waals surface area contributed by atoms with Crippen LogP contribution in [0.5, 0.6) is 5.75 Å². The maximum atomic E-state index is 12.2. The number of carbonyl (C=O) groups is 2. The van der Waals surface area contributed by atoms with Gasteiger partial charge in [-0.3, -0.25) is 9.59 Å². The van der Waals surface area contributed by atoms with Crippen LogP contribution in [0.15, 0.2) is 62.7 Å². The molecule has 3 aromatic rings. The first-order valence-electron chi connectivity index (χ1n) is 8.58. The Morgan fingerprint density at radius 1 is 1.10 bits per heavy atom. The molecule has 9 heteroatoms. The number of amides is 2. The molecule has 0 atom stereocenters. The zero-order chi connectivity index (χ0) is 20.6. The molecule has 0 bridgehead atoms. The first kappa shape index (κ1) is 21.4. The molecule has 29 heavy (non-hydrogen) atoms. The van der Waals surface area contributed by atoms with Crippen LogP contribution in [-0.4, -0.2) is 29.7 Å². The predicted octanol–water partition coefficient (Wildman–Crippen LogP) is 4.83. The Hall–Kier alpha value is -2.36. The number of rotatable bonds is 8. The standard InChI is InChI=1S/C20H18BrN3O3S2/c1-27-17-7-5-14(6-8-17)22-19(26)12-29-20-24-16(11-28-20)10-18(25)23-15-4-2-3-13(21)9-15/h2-9,11H,10,12H2,1H3,(H,22,26)(H,23,25). The highest BCUT2D eigenvalue weighted by molar-refractivity contribution is 9.10. The van der Waals surface area contributed by atoms with Gasteiger partial charge in [-0.05, 0) is 42.5 Å². The topological polar surface area (TPSA) is 80.3 Å². The molecule has 0 unspecified atom stereocenters. The minimum absolute atomic E-state index is 0.121. The fourth-order valence-corrected chi connectivity index (χ4v) is 4.41. The number of hydrogen-bond acceptors (Lipinski definition) is 6. The molecule has 3 rings (SSSR count). The summed E-state index contributed by atoms with van der Waals surface area (Å²) < 4.78 is 6.74. The van der Waals surface area contributed by atoms with Gasteiger partial charge in [-0.2, -0.15) is 0 Å². The number of thioether (sulfide) groups is 1. The van der Waals surface area contributed by atoms with Crippen molar-refractivity contribution in [2.75, 3.05) is 23.5 Å². The fraction of sp³-hybridized carbons (Fsp3) is 0.150. The molecule has 1 aromatic heterocycles. The summed E-state index contributed by atoms with van der Waals surface area (Å²) in [4.78, 5) is 28.7. The largest absolute Gasteiger partial charge is 0.497 e. The third-order valence-corrected chi connectivity index (χ3v) is 6.24. The molecule has 0 spiro atoms. The Bertz CT molecular complexity index is 993. The second kappa shape index (κ2) is 10.4. The van der Waals surface area contributed by atoms with Crippen molar-refractivity contribution in [1.29, 1.82) is 0 Å². The van der Waals surface area contributed by atoms with Crippen LogP contribution in [0.3, 0.4) is 0 Å². The minimum atomic E-state index is -0.137. The predicted molar refractivity (Wildman–Crippen MR) is 121 cm³/mol. The quantitative estimate of drug-likeness (QED) is 0.441. The van der Waals surface area contributed by atoms with Gasteiger partial charge in [0.15, 0.2) is 4.34 Å². The zero-order valence-electron chi connectivity index (χ0n) is 15.5. The van der Waals surface area contributed by atoms with Crippen molar-refractivity contribution in [3.8, 4) is 5.75 Å². The Labute approximate surface area is 185 Å². The summed E-state index contributed by atoms with van der Waals surface area (Å²) in [5, 5.41) is 7.51. The van der Waals surface area contributed by atoms with E-state index in [1.807, 2.05) is 29.6 Å². The van der Waals surface area contributed by atoms with Gasteiger partial charge in [0.05, 0.1) is 25.0 Å². The fourth-order valence-electron chi connectivity index (χ4n) is 2.37. The summed E-state index contributed by atoms with van der Waals surface area (Å²) in [7, 11) is 1.59. The average Bonchev–Trinajstić information content (AvgIpc) is 3.14. The average molecular weight is 492 g/mol. The molecule has 2 amide bonds. The molecule has 0 radical (unpaired) electrons. The number of carbonyl (C=O) groups excluding carboxylic acids is 2. The van der Waals surface area contributed by atoms with E-state index < -0.39 is 0 Å². The van der Waals surface area contributed by atoms with E-state index in [9.17, 15) is 9.59 Å². The van der Waals surface area contributed by atoms with Gasteiger partial charge in [0.2, 0.25) is 11.8 Å². The summed E-state index contributed by atoms with van der Waals surface area (Å²) >= 11 is 6.14. The minimum Gasteiger partial charge on any atom is -0.497 e. The molecule has 2 N–H and O–H groups in total. The number of benzene rings is 2. The molecule has 0 saturated heterocycles. The molecular formula is C20H18BrN3O3S2. The summed E-state index contributed by atoms with van der Waals surface area (Å²) in [6.45, 7) is 0. The van der Waals surface area contributed by atoms with Crippen LogP contribution in [0, 0.1) is 0 Å². The lowest BCUT2D eigenvalue weighted by Gasteiger charge is -2.05. The Kier molecular flexibility index (Phi) is 7.68. The second-order valence-corrected chi connectivity index (χ2v) is 8.90. The lowest BCUT2D eigenvalue weighted by Crippen LogP contribution is -2.14. The number of aromatic nitrogens is 1. The SMILES string of the molecule is COc1ccc(NC(=O)CSc2nc(CC(=O)Nc3cccc(Br)c3)cs2)cc1. The van der Waals surface area contributed by atoms with Crippen LogP contribution in [-0.2, 0) is 16.0 Å². The highest BCUT2D eigenvalue weighted by Gasteiger charge is 2.11. The van der Waals surface area contributed by atoms with Crippen LogP contribution in [0.4, 0.5) is 11.4 Å². The Morgan fingerprint density at radius 2 is 1.86 bits per heavy atom. The molecule has 1 heterocycles. The highest BCUT2D eigenvalue weighted by atomic mass is 79.9. The summed E-state index contributed by atoms with van der Waals surface area (Å²) in [5.41, 5.74) is 2.12. The number of ether oxygens (including phenoxy) is 1. The maximum Gasteiger partial charge on any atom is 0.234 e. The van der Waals surface area contributed by atoms with E-state index in [1.54, 1.807) is 31.4 Å². The van der Waals surface area contributed by atoms with Crippen molar-refractivity contribution >= 4 is 62.2 Å². The molecule has 0 fully saturated rings. The van der Waals surface area contributed by atoms with Gasteiger partial charge >= 0.3 is 0 Å². The molecule has 0 aliphatic rings. The van der Waals surface area contributed by atoms with E-state index in [2.05, 4.69) is 31.5 Å². The number of methoxy groups -OCH3 is 1. The lowest BCUT2D eigenvalue weighted by atomic mass is 10.3. The van der Waals surface area contributed by atoms with Gasteiger partial charge in [-0.25, -0.2) is 4.98 Å². The summed E-state index contributed by atoms with van der Waals surface area (Å²) in [6, 6.07) is 14.6. The summed E-state index contributed by atoms with van der Waals surface area (Å²) in [6.07, 6.45) is 0.182. The molecular weight excluding hydrogens is 474 g/mol. The number of nitrogens with zero attached hydrogens (tertiary/aromatic N) is 1. The number of halogens is 1. The molecule has 0 saturated carbocycles. The van der Waals surface area contributed by atoms with Gasteiger partial charge in [-0.1, -0.05) is 33.8 Å². The third kappa shape index (κ3) is 6.88. The number of hydrogen-bond donors (Lipinski definition) is 2. The van der Waals surface area contributed by atoms with Crippen molar-refractivity contribution in [1.82, 2.24) is 4.98 Å². The number of nitrogens with one attached hydrogen (secondary N) is 2. The van der Waals surface area contributed by atoms with Crippen LogP contribution < -0.4 is 15.4 Å². The highest BCUT2D eigenvalue weighted by Crippen LogP contribution is 2.24. The van der Waals surface area contributed by atoms with Gasteiger partial charge in [0, 0.05) is 21.2 Å². The van der Waals surface area contributed by atoms with E-state index in [0.717, 1.165) is 20.2 Å². The number of anilines is 2. The van der Waals surface area contributed by atoms with Crippen molar-refractivity contribution < 1.29 is 14.3 Å². The van der Waals surface area contributed by atoms with Gasteiger partial charge in [0.1, 0.15) is 5.75 Å². The van der Waals surface area contributed by atoms with E-state index in [4.69, 9.17) is 4.74 Å². The zero-order valence-corrected chi connectivity index (χ0v) is 18.7. The van der Waals surface area contributed by atoms with E-state index in [0.29, 0.717) is 11.4 Å². The second-order valence-electron chi connectivity index (χ2n) is 5.91. The van der Waals surface area contributed by atoms with E-state index in [-0.39, 0.29) is 24.0 Å². The molecule has 2 aromatic carbocycles. The van der Waals surface area contributed by atoms with E-state index in [1.165, 1.54) is 23.1 Å². The van der Waals surface area contributed by atoms with Crippen LogP contribution in [0.25, 0.3) is 0 Å². The molecule has 0 aliphatic carbocycles. The normalized spacial score (nSPS) is 10.4. The Morgan fingerprint density at radius 3 is 2.59 bits per heavy atom. The monoisotopic (exact) mass is 491 g/mol. The summed E-state index contributed by atoms with van der Waals surface area (Å²) in [5.74, 6) is 0.714. The smallest absolute Gasteiger partial charge is 0.234 e. The first-order chi connectivity index (χ1) is 14.0. The van der Waals surface area contributed by atoms with Crippen LogP contribution in [0.1, 0.15) is 5.69 Å². The first-order valence-corrected chi connectivity index (χ1v) is 11.2. The Balaban J connectivity index is 1.45. The van der Waals surface area contributed by atoms with Crippen LogP contribution in [0.2, 0.25) is 0 Å². The van der Waals surface area contributed by atoms with Crippen molar-refractivity contribution in [2.24, 2.45) is 0 Å². The number of thiazole rings is 1. The van der Waals surface area contributed by atoms with Gasteiger partial charge in [-0.15, -0.1) is 11.3 Å². The van der Waals surface area contributed by atoms with Crippen molar-refractivity contribution in [3.05, 3.63) is 64.1 Å². The van der Waals surface area contributed by atoms with E-state index >= 15 is 0 Å². The van der Waals surface area contributed by atoms with Crippen molar-refractivity contribution in [2.45, 2.75) is 10.8 Å². The van der Waals surface area contributed by atoms with Crippen molar-refractivity contribution in [3.63, 3.8) is 0 Å². The third-order valence-electron chi connectivity index (χ3n) is 3.68.